The zero-order chi connectivity index (χ0) is 37.0. The minimum atomic E-state index is -1.66. The second-order valence-electron chi connectivity index (χ2n) is 11.5. The van der Waals surface area contributed by atoms with Crippen LogP contribution in [-0.4, -0.2) is 67.8 Å². The summed E-state index contributed by atoms with van der Waals surface area (Å²) in [4.78, 5) is 61.6. The lowest BCUT2D eigenvalue weighted by molar-refractivity contribution is -0.288. The van der Waals surface area contributed by atoms with E-state index in [4.69, 9.17) is 42.3 Å². The number of carbonyl (C=O) groups is 4. The largest absolute Gasteiger partial charge is 0.489 e. The van der Waals surface area contributed by atoms with Crippen molar-refractivity contribution in [3.63, 3.8) is 0 Å². The average molecular weight is 699 g/mol. The molecule has 14 heteroatoms. The maximum Gasteiger partial charge on any atom is 0.384 e. The summed E-state index contributed by atoms with van der Waals surface area (Å²) in [5, 5.41) is 0.200. The number of rotatable bonds is 14. The molecule has 1 saturated heterocycles. The smallest absolute Gasteiger partial charge is 0.384 e. The number of hydrogen-bond donors (Lipinski definition) is 0. The molecule has 5 atom stereocenters. The van der Waals surface area contributed by atoms with Gasteiger partial charge < -0.3 is 42.3 Å². The lowest BCUT2D eigenvalue weighted by Gasteiger charge is -2.43. The van der Waals surface area contributed by atoms with Gasteiger partial charge in [0.15, 0.2) is 18.0 Å². The Morgan fingerprint density at radius 2 is 1.50 bits per heavy atom. The summed E-state index contributed by atoms with van der Waals surface area (Å²) in [5.74, 6) is -0.950. The van der Waals surface area contributed by atoms with Crippen LogP contribution in [0.1, 0.15) is 68.2 Å². The Hall–Kier alpha value is -5.29. The molecule has 1 aromatic heterocycles. The molecule has 1 aromatic carbocycles. The molecule has 14 nitrogen and oxygen atoms in total. The van der Waals surface area contributed by atoms with Crippen LogP contribution in [0.4, 0.5) is 0 Å². The number of allylic oxidation sites excluding steroid dienone is 3. The Kier molecular flexibility index (Phi) is 14.5. The monoisotopic (exact) mass is 698 g/mol. The zero-order valence-electron chi connectivity index (χ0n) is 29.3. The Balaban J connectivity index is 2.09. The lowest BCUT2D eigenvalue weighted by Crippen LogP contribution is -2.63. The first-order chi connectivity index (χ1) is 23.7. The lowest BCUT2D eigenvalue weighted by atomic mass is 9.98. The first-order valence-electron chi connectivity index (χ1n) is 15.8. The minimum absolute atomic E-state index is 0.0363. The summed E-state index contributed by atoms with van der Waals surface area (Å²) < 4.78 is 50.6. The van der Waals surface area contributed by atoms with Crippen LogP contribution in [0.5, 0.6) is 17.2 Å². The molecule has 0 N–H and O–H groups in total. The van der Waals surface area contributed by atoms with Crippen molar-refractivity contribution in [1.82, 2.24) is 0 Å². The van der Waals surface area contributed by atoms with Crippen molar-refractivity contribution in [2.45, 2.75) is 98.9 Å². The average Bonchev–Trinajstić information content (AvgIpc) is 3.01. The van der Waals surface area contributed by atoms with Crippen LogP contribution in [0, 0.1) is 12.0 Å². The van der Waals surface area contributed by atoms with E-state index in [2.05, 4.69) is 18.1 Å². The predicted octanol–water partition coefficient (Wildman–Crippen LogP) is 4.69. The highest BCUT2D eigenvalue weighted by Crippen LogP contribution is 2.38. The van der Waals surface area contributed by atoms with Crippen molar-refractivity contribution >= 4 is 34.8 Å². The van der Waals surface area contributed by atoms with Crippen LogP contribution in [0.15, 0.2) is 50.7 Å². The van der Waals surface area contributed by atoms with E-state index in [1.54, 1.807) is 12.1 Å². The van der Waals surface area contributed by atoms with Gasteiger partial charge in [-0.1, -0.05) is 23.1 Å². The fourth-order valence-electron chi connectivity index (χ4n) is 4.90. The summed E-state index contributed by atoms with van der Waals surface area (Å²) in [7, 11) is 0. The molecule has 1 aliphatic heterocycles. The van der Waals surface area contributed by atoms with Gasteiger partial charge in [0.1, 0.15) is 36.8 Å². The van der Waals surface area contributed by atoms with Gasteiger partial charge in [-0.15, -0.1) is 0 Å². The van der Waals surface area contributed by atoms with Crippen LogP contribution in [0.2, 0.25) is 0 Å². The highest BCUT2D eigenvalue weighted by molar-refractivity contribution is 5.87. The second kappa shape index (κ2) is 18.5. The molecule has 0 amide bonds. The quantitative estimate of drug-likeness (QED) is 0.0875. The van der Waals surface area contributed by atoms with Crippen molar-refractivity contribution in [3.8, 4) is 29.3 Å². The van der Waals surface area contributed by atoms with Crippen molar-refractivity contribution in [3.05, 3.63) is 51.9 Å². The van der Waals surface area contributed by atoms with Gasteiger partial charge in [-0.05, 0) is 51.8 Å². The van der Waals surface area contributed by atoms with Crippen LogP contribution < -0.4 is 19.8 Å². The zero-order valence-corrected chi connectivity index (χ0v) is 29.3. The Morgan fingerprint density at radius 1 is 0.840 bits per heavy atom. The van der Waals surface area contributed by atoms with Gasteiger partial charge in [0.05, 0.1) is 5.39 Å². The molecule has 2 aromatic rings. The Bertz CT molecular complexity index is 1740. The van der Waals surface area contributed by atoms with Gasteiger partial charge in [0, 0.05) is 40.7 Å². The van der Waals surface area contributed by atoms with E-state index in [-0.39, 0.29) is 23.3 Å². The third kappa shape index (κ3) is 11.4. The van der Waals surface area contributed by atoms with E-state index in [1.807, 2.05) is 26.8 Å². The normalized spacial score (nSPS) is 20.0. The van der Waals surface area contributed by atoms with Gasteiger partial charge in [0.25, 0.3) is 5.75 Å². The van der Waals surface area contributed by atoms with E-state index >= 15 is 0 Å². The molecule has 0 radical (unpaired) electrons. The molecular formula is C36H42O14. The Morgan fingerprint density at radius 3 is 2.12 bits per heavy atom. The van der Waals surface area contributed by atoms with Crippen molar-refractivity contribution in [2.24, 2.45) is 0 Å². The standard InChI is InChI=1S/C36H42O14/c1-9-16-43-33-30(27-14-13-26(18-28(27)48-35(33)41)42-17-15-21(4)12-10-11-20(2)3)50-36-34(47-25(8)40)32(46-24(7)39)31(45-23(6)38)29(49-36)19-44-22(5)37/h11,13-15,18,29,31-32,34,36H,10,12,17,19H2,1-8H3/b21-15+/t29-,31+,32+,34-,36+/m1/s1. The first kappa shape index (κ1) is 39.2. The molecule has 270 valence electrons. The third-order valence-electron chi connectivity index (χ3n) is 7.00. The van der Waals surface area contributed by atoms with Gasteiger partial charge in [-0.3, -0.25) is 19.2 Å². The molecule has 1 fully saturated rings. The summed E-state index contributed by atoms with van der Waals surface area (Å²) in [6.45, 7) is 11.8. The van der Waals surface area contributed by atoms with E-state index in [0.717, 1.165) is 46.1 Å². The van der Waals surface area contributed by atoms with Gasteiger partial charge >= 0.3 is 29.5 Å². The van der Waals surface area contributed by atoms with Crippen LogP contribution in [0.25, 0.3) is 11.0 Å². The number of ether oxygens (including phenoxy) is 8. The highest BCUT2D eigenvalue weighted by Gasteiger charge is 2.53. The summed E-state index contributed by atoms with van der Waals surface area (Å²) >= 11 is 0. The second-order valence-corrected chi connectivity index (χ2v) is 11.5. The van der Waals surface area contributed by atoms with Crippen LogP contribution >= 0.6 is 0 Å². The van der Waals surface area contributed by atoms with Gasteiger partial charge in [-0.2, -0.15) is 0 Å². The third-order valence-corrected chi connectivity index (χ3v) is 7.00. The van der Waals surface area contributed by atoms with Crippen LogP contribution in [-0.2, 0) is 42.9 Å². The number of hydrogen-bond acceptors (Lipinski definition) is 14. The summed E-state index contributed by atoms with van der Waals surface area (Å²) in [6.07, 6.45) is 0.794. The molecule has 2 heterocycles. The molecule has 0 saturated carbocycles. The molecule has 3 rings (SSSR count). The van der Waals surface area contributed by atoms with Crippen molar-refractivity contribution < 1.29 is 61.5 Å². The molecule has 0 aliphatic carbocycles. The first-order valence-corrected chi connectivity index (χ1v) is 15.8. The number of fused-ring (bicyclic) bond motifs is 1. The van der Waals surface area contributed by atoms with Gasteiger partial charge in [-0.25, -0.2) is 4.79 Å². The van der Waals surface area contributed by atoms with E-state index in [9.17, 15) is 24.0 Å². The summed E-state index contributed by atoms with van der Waals surface area (Å²) in [6, 6.07) is 4.65. The maximum absolute atomic E-state index is 13.2. The van der Waals surface area contributed by atoms with E-state index in [0.29, 0.717) is 5.75 Å². The number of esters is 4. The predicted molar refractivity (Wildman–Crippen MR) is 177 cm³/mol. The molecular weight excluding hydrogens is 656 g/mol. The SMILES string of the molecule is CC#COc1c(O[C@@H]2O[C@H](COC(C)=O)[C@H](OC(C)=O)[C@H](OC(C)=O)[C@H]2OC(C)=O)c2ccc(OC/C=C(\C)CCC=C(C)C)cc2oc1=O. The summed E-state index contributed by atoms with van der Waals surface area (Å²) in [5.41, 5.74) is 1.45. The van der Waals surface area contributed by atoms with E-state index in [1.165, 1.54) is 18.6 Å². The maximum atomic E-state index is 13.2. The highest BCUT2D eigenvalue weighted by atomic mass is 16.7. The molecule has 0 spiro atoms. The molecule has 1 aliphatic rings. The van der Waals surface area contributed by atoms with Crippen molar-refractivity contribution in [1.29, 1.82) is 0 Å². The van der Waals surface area contributed by atoms with E-state index < -0.39 is 72.6 Å². The molecule has 50 heavy (non-hydrogen) atoms. The number of carbonyl (C=O) groups excluding carboxylic acids is 4. The minimum Gasteiger partial charge on any atom is -0.489 e. The van der Waals surface area contributed by atoms with Gasteiger partial charge in [0.2, 0.25) is 12.4 Å². The fourth-order valence-corrected chi connectivity index (χ4v) is 4.90. The topological polar surface area (TPSA) is 172 Å². The Labute approximate surface area is 289 Å². The van der Waals surface area contributed by atoms with Crippen molar-refractivity contribution in [2.75, 3.05) is 13.2 Å². The van der Waals surface area contributed by atoms with Crippen LogP contribution in [0.3, 0.4) is 0 Å². The number of benzene rings is 1. The molecule has 0 bridgehead atoms. The molecule has 0 unspecified atom stereocenters. The fraction of sp³-hybridized carbons (Fsp3) is 0.472.